The molecule has 0 aromatic heterocycles. The number of thioether (sulfide) groups is 1. The highest BCUT2D eigenvalue weighted by Gasteiger charge is 2.60. The fraction of sp³-hybridized carbons (Fsp3) is 0.750. The number of carboxylic acids is 1. The average Bonchev–Trinajstić information content (AvgIpc) is 3.15. The van der Waals surface area contributed by atoms with E-state index >= 15 is 0 Å². The maximum Gasteiger partial charge on any atom is 0.353 e. The standard InChI is InChI=1S/C20H30N4O4S/c1-9-16-15(10(2)25)19(26)24(16)17(20(27)28)18(9)29-14-6-13(7-14)22-12-4-5-23(8-12)11(3)21/h9-10,12-16,21-22,25H,4-8H2,1-3H3,(H,27,28)/t9-,10-,12-,13-,14+,15-,16-/m1/s1. The molecule has 4 aliphatic rings. The van der Waals surface area contributed by atoms with Crippen LogP contribution in [0.2, 0.25) is 0 Å². The number of aliphatic hydroxyl groups is 1. The SMILES string of the molecule is CC(=N)N1CC[C@@H](N[C@H]2C[C@@H](SC3=C(C(=O)O)N4C(=O)[C@H]([C@@H](C)O)[C@H]4[C@H]3C)C2)C1. The predicted molar refractivity (Wildman–Crippen MR) is 111 cm³/mol. The molecule has 160 valence electrons. The molecule has 0 aromatic rings. The second-order valence-electron chi connectivity index (χ2n) is 8.86. The summed E-state index contributed by atoms with van der Waals surface area (Å²) >= 11 is 1.61. The molecule has 2 saturated heterocycles. The van der Waals surface area contributed by atoms with Gasteiger partial charge in [-0.2, -0.15) is 0 Å². The number of fused-ring (bicyclic) bond motifs is 1. The van der Waals surface area contributed by atoms with E-state index in [-0.39, 0.29) is 23.6 Å². The van der Waals surface area contributed by atoms with Gasteiger partial charge in [-0.15, -0.1) is 11.8 Å². The third-order valence-electron chi connectivity index (χ3n) is 6.83. The molecule has 1 amide bonds. The molecule has 29 heavy (non-hydrogen) atoms. The molecule has 3 heterocycles. The number of nitrogens with zero attached hydrogens (tertiary/aromatic N) is 2. The van der Waals surface area contributed by atoms with E-state index in [2.05, 4.69) is 10.2 Å². The lowest BCUT2D eigenvalue weighted by atomic mass is 9.79. The van der Waals surface area contributed by atoms with Crippen molar-refractivity contribution in [3.8, 4) is 0 Å². The van der Waals surface area contributed by atoms with Gasteiger partial charge in [0, 0.05) is 41.2 Å². The van der Waals surface area contributed by atoms with E-state index in [1.807, 2.05) is 13.8 Å². The Labute approximate surface area is 175 Å². The summed E-state index contributed by atoms with van der Waals surface area (Å²) in [5.74, 6) is -1.27. The lowest BCUT2D eigenvalue weighted by molar-refractivity contribution is -0.163. The highest BCUT2D eigenvalue weighted by Crippen LogP contribution is 2.53. The first-order valence-corrected chi connectivity index (χ1v) is 11.3. The van der Waals surface area contributed by atoms with E-state index in [9.17, 15) is 19.8 Å². The highest BCUT2D eigenvalue weighted by atomic mass is 32.2. The number of β-lactam (4-membered cyclic amide) rings is 1. The van der Waals surface area contributed by atoms with Crippen LogP contribution in [0, 0.1) is 17.2 Å². The molecular weight excluding hydrogens is 392 g/mol. The molecular formula is C20H30N4O4S. The van der Waals surface area contributed by atoms with Crippen LogP contribution in [-0.2, 0) is 9.59 Å². The van der Waals surface area contributed by atoms with Crippen LogP contribution >= 0.6 is 11.8 Å². The van der Waals surface area contributed by atoms with E-state index < -0.39 is 18.0 Å². The zero-order chi connectivity index (χ0) is 21.0. The quantitative estimate of drug-likeness (QED) is 0.287. The van der Waals surface area contributed by atoms with Gasteiger partial charge >= 0.3 is 5.97 Å². The summed E-state index contributed by atoms with van der Waals surface area (Å²) in [6, 6.07) is 0.605. The van der Waals surface area contributed by atoms with Crippen LogP contribution in [0.5, 0.6) is 0 Å². The topological polar surface area (TPSA) is 117 Å². The van der Waals surface area contributed by atoms with Crippen LogP contribution in [0.25, 0.3) is 0 Å². The minimum Gasteiger partial charge on any atom is -0.477 e. The zero-order valence-corrected chi connectivity index (χ0v) is 17.9. The number of amidine groups is 1. The Morgan fingerprint density at radius 1 is 1.34 bits per heavy atom. The van der Waals surface area contributed by atoms with Gasteiger partial charge in [0.15, 0.2) is 0 Å². The predicted octanol–water partition coefficient (Wildman–Crippen LogP) is 1.07. The van der Waals surface area contributed by atoms with E-state index in [4.69, 9.17) is 5.41 Å². The van der Waals surface area contributed by atoms with Gasteiger partial charge in [0.25, 0.3) is 0 Å². The van der Waals surface area contributed by atoms with Crippen molar-refractivity contribution >= 4 is 29.5 Å². The largest absolute Gasteiger partial charge is 0.477 e. The normalized spacial score (nSPS) is 37.3. The van der Waals surface area contributed by atoms with Crippen molar-refractivity contribution < 1.29 is 19.8 Å². The van der Waals surface area contributed by atoms with Crippen LogP contribution in [0.4, 0.5) is 0 Å². The maximum absolute atomic E-state index is 12.4. The third-order valence-corrected chi connectivity index (χ3v) is 8.37. The lowest BCUT2D eigenvalue weighted by Crippen LogP contribution is -2.63. The van der Waals surface area contributed by atoms with Crippen molar-refractivity contribution in [1.82, 2.24) is 15.1 Å². The molecule has 8 nitrogen and oxygen atoms in total. The van der Waals surface area contributed by atoms with Gasteiger partial charge in [-0.1, -0.05) is 6.92 Å². The molecule has 4 N–H and O–H groups in total. The first-order chi connectivity index (χ1) is 13.7. The molecule has 4 rings (SSSR count). The highest BCUT2D eigenvalue weighted by molar-refractivity contribution is 8.03. The van der Waals surface area contributed by atoms with Crippen LogP contribution in [0.15, 0.2) is 10.6 Å². The van der Waals surface area contributed by atoms with Crippen molar-refractivity contribution in [2.45, 2.75) is 69.5 Å². The number of nitrogens with one attached hydrogen (secondary N) is 2. The summed E-state index contributed by atoms with van der Waals surface area (Å²) in [4.78, 5) is 28.6. The molecule has 3 fully saturated rings. The zero-order valence-electron chi connectivity index (χ0n) is 17.1. The van der Waals surface area contributed by atoms with Crippen molar-refractivity contribution in [2.75, 3.05) is 13.1 Å². The number of carboxylic acid groups (broad SMARTS) is 1. The Kier molecular flexibility index (Phi) is 5.41. The smallest absolute Gasteiger partial charge is 0.353 e. The Hall–Kier alpha value is -1.58. The molecule has 0 unspecified atom stereocenters. The second-order valence-corrected chi connectivity index (χ2v) is 10.2. The van der Waals surface area contributed by atoms with Crippen molar-refractivity contribution in [3.05, 3.63) is 10.6 Å². The third kappa shape index (κ3) is 3.47. The van der Waals surface area contributed by atoms with Gasteiger partial charge < -0.3 is 25.3 Å². The minimum atomic E-state index is -1.05. The number of hydrogen-bond donors (Lipinski definition) is 4. The number of amides is 1. The van der Waals surface area contributed by atoms with Gasteiger partial charge in [-0.3, -0.25) is 10.2 Å². The molecule has 0 bridgehead atoms. The van der Waals surface area contributed by atoms with Crippen molar-refractivity contribution in [1.29, 1.82) is 5.41 Å². The van der Waals surface area contributed by atoms with E-state index in [1.165, 1.54) is 4.90 Å². The van der Waals surface area contributed by atoms with Gasteiger partial charge in [0.2, 0.25) is 5.91 Å². The Bertz CT molecular complexity index is 764. The second kappa shape index (κ2) is 7.59. The summed E-state index contributed by atoms with van der Waals surface area (Å²) in [6.07, 6.45) is 2.24. The van der Waals surface area contributed by atoms with Gasteiger partial charge in [0.1, 0.15) is 5.70 Å². The Balaban J connectivity index is 1.35. The summed E-state index contributed by atoms with van der Waals surface area (Å²) in [6.45, 7) is 7.21. The van der Waals surface area contributed by atoms with Crippen molar-refractivity contribution in [3.63, 3.8) is 0 Å². The monoisotopic (exact) mass is 422 g/mol. The number of carbonyl (C=O) groups is 2. The Morgan fingerprint density at radius 2 is 2.03 bits per heavy atom. The number of aliphatic hydroxyl groups excluding tert-OH is 1. The molecule has 3 aliphatic heterocycles. The number of likely N-dealkylation sites (tertiary alicyclic amines) is 1. The molecule has 0 aromatic carbocycles. The van der Waals surface area contributed by atoms with Crippen LogP contribution in [-0.4, -0.2) is 80.3 Å². The molecule has 0 spiro atoms. The van der Waals surface area contributed by atoms with Crippen LogP contribution < -0.4 is 5.32 Å². The van der Waals surface area contributed by atoms with Gasteiger partial charge in [-0.05, 0) is 33.1 Å². The summed E-state index contributed by atoms with van der Waals surface area (Å²) in [7, 11) is 0. The summed E-state index contributed by atoms with van der Waals surface area (Å²) in [5, 5.41) is 31.4. The van der Waals surface area contributed by atoms with E-state index in [0.717, 1.165) is 37.3 Å². The first kappa shape index (κ1) is 20.7. The van der Waals surface area contributed by atoms with Crippen molar-refractivity contribution in [2.24, 2.45) is 11.8 Å². The minimum absolute atomic E-state index is 0.0608. The number of aliphatic carboxylic acids is 1. The molecule has 1 aliphatic carbocycles. The Morgan fingerprint density at radius 3 is 2.59 bits per heavy atom. The fourth-order valence-corrected chi connectivity index (χ4v) is 6.86. The summed E-state index contributed by atoms with van der Waals surface area (Å²) in [5.41, 5.74) is 0.124. The first-order valence-electron chi connectivity index (χ1n) is 10.4. The van der Waals surface area contributed by atoms with E-state index in [0.29, 0.717) is 23.2 Å². The number of hydrogen-bond acceptors (Lipinski definition) is 6. The number of rotatable bonds is 6. The van der Waals surface area contributed by atoms with Crippen LogP contribution in [0.1, 0.15) is 40.0 Å². The molecule has 5 atom stereocenters. The molecule has 0 radical (unpaired) electrons. The lowest BCUT2D eigenvalue weighted by Gasteiger charge is -2.46. The summed E-state index contributed by atoms with van der Waals surface area (Å²) < 4.78 is 0. The number of carbonyl (C=O) groups excluding carboxylic acids is 1. The van der Waals surface area contributed by atoms with Gasteiger partial charge in [0.05, 0.1) is 23.9 Å². The van der Waals surface area contributed by atoms with Crippen LogP contribution in [0.3, 0.4) is 0 Å². The molecule has 1 saturated carbocycles. The fourth-order valence-electron chi connectivity index (χ4n) is 5.19. The van der Waals surface area contributed by atoms with Gasteiger partial charge in [-0.25, -0.2) is 4.79 Å². The molecule has 9 heteroatoms. The maximum atomic E-state index is 12.4. The van der Waals surface area contributed by atoms with E-state index in [1.54, 1.807) is 18.7 Å². The average molecular weight is 423 g/mol.